The van der Waals surface area contributed by atoms with Gasteiger partial charge < -0.3 is 20.1 Å². The number of esters is 2. The van der Waals surface area contributed by atoms with Crippen molar-refractivity contribution in [3.05, 3.63) is 109 Å². The number of phosphoric ester groups is 1. The van der Waals surface area contributed by atoms with E-state index in [0.29, 0.717) is 12.8 Å². The predicted molar refractivity (Wildman–Crippen MR) is 298 cm³/mol. The Morgan fingerprint density at radius 1 is 0.443 bits per heavy atom. The molecular weight excluding hydrogens is 894 g/mol. The molecule has 3 N–H and O–H groups in total. The Bertz CT molecular complexity index is 1510. The number of ether oxygens (including phenoxy) is 2. The van der Waals surface area contributed by atoms with Gasteiger partial charge in [-0.1, -0.05) is 245 Å². The normalized spacial score (nSPS) is 13.9. The predicted octanol–water partition coefficient (Wildman–Crippen LogP) is 17.5. The van der Waals surface area contributed by atoms with Gasteiger partial charge in [-0.15, -0.1) is 0 Å². The molecule has 2 unspecified atom stereocenters. The van der Waals surface area contributed by atoms with E-state index >= 15 is 0 Å². The quantitative estimate of drug-likeness (QED) is 0.0264. The van der Waals surface area contributed by atoms with Gasteiger partial charge in [0.25, 0.3) is 0 Å². The second kappa shape index (κ2) is 55.0. The van der Waals surface area contributed by atoms with E-state index in [1.165, 1.54) is 109 Å². The van der Waals surface area contributed by atoms with Crippen LogP contribution in [0.4, 0.5) is 0 Å². The van der Waals surface area contributed by atoms with Crippen LogP contribution in [0.25, 0.3) is 0 Å². The zero-order chi connectivity index (χ0) is 51.0. The van der Waals surface area contributed by atoms with Crippen LogP contribution in [0.3, 0.4) is 0 Å². The minimum absolute atomic E-state index is 0.0395. The van der Waals surface area contributed by atoms with Crippen LogP contribution < -0.4 is 5.73 Å². The fourth-order valence-electron chi connectivity index (χ4n) is 7.34. The molecule has 70 heavy (non-hydrogen) atoms. The van der Waals surface area contributed by atoms with Gasteiger partial charge in [-0.3, -0.25) is 18.6 Å². The number of hydrogen-bond acceptors (Lipinski definition) is 8. The van der Waals surface area contributed by atoms with Crippen molar-refractivity contribution < 1.29 is 37.6 Å². The van der Waals surface area contributed by atoms with Crippen LogP contribution in [0.2, 0.25) is 0 Å². The van der Waals surface area contributed by atoms with Gasteiger partial charge in [-0.05, 0) is 77.0 Å². The van der Waals surface area contributed by atoms with Crippen LogP contribution in [0, 0.1) is 0 Å². The lowest BCUT2D eigenvalue weighted by Crippen LogP contribution is -2.29. The smallest absolute Gasteiger partial charge is 0.462 e. The zero-order valence-corrected chi connectivity index (χ0v) is 45.4. The van der Waals surface area contributed by atoms with E-state index in [0.717, 1.165) is 77.0 Å². The van der Waals surface area contributed by atoms with Gasteiger partial charge in [0.2, 0.25) is 0 Å². The van der Waals surface area contributed by atoms with Crippen molar-refractivity contribution >= 4 is 19.8 Å². The minimum Gasteiger partial charge on any atom is -0.462 e. The first-order valence-corrected chi connectivity index (χ1v) is 29.4. The van der Waals surface area contributed by atoms with E-state index in [-0.39, 0.29) is 32.6 Å². The number of allylic oxidation sites excluding steroid dienone is 18. The maximum atomic E-state index is 12.7. The summed E-state index contributed by atoms with van der Waals surface area (Å²) >= 11 is 0. The van der Waals surface area contributed by atoms with Crippen molar-refractivity contribution in [2.24, 2.45) is 5.73 Å². The first kappa shape index (κ1) is 66.7. The number of phosphoric acid groups is 1. The fourth-order valence-corrected chi connectivity index (χ4v) is 8.11. The minimum atomic E-state index is -4.41. The lowest BCUT2D eigenvalue weighted by atomic mass is 10.0. The molecular formula is C60H102NO8P. The number of unbranched alkanes of at least 4 members (excludes halogenated alkanes) is 20. The Balaban J connectivity index is 4.15. The highest BCUT2D eigenvalue weighted by Gasteiger charge is 2.26. The van der Waals surface area contributed by atoms with Crippen LogP contribution >= 0.6 is 7.82 Å². The Labute approximate surface area is 429 Å². The van der Waals surface area contributed by atoms with Crippen molar-refractivity contribution in [3.63, 3.8) is 0 Å². The monoisotopic (exact) mass is 996 g/mol. The van der Waals surface area contributed by atoms with Crippen LogP contribution in [0.15, 0.2) is 109 Å². The number of rotatable bonds is 51. The Kier molecular flexibility index (Phi) is 52.4. The molecule has 0 radical (unpaired) electrons. The maximum Gasteiger partial charge on any atom is 0.472 e. The molecule has 0 saturated heterocycles. The number of nitrogens with two attached hydrogens (primary N) is 1. The summed E-state index contributed by atoms with van der Waals surface area (Å²) in [6, 6.07) is 0. The van der Waals surface area contributed by atoms with E-state index in [4.69, 9.17) is 24.3 Å². The molecule has 2 atom stereocenters. The van der Waals surface area contributed by atoms with E-state index < -0.39 is 32.5 Å². The molecule has 0 bridgehead atoms. The second-order valence-electron chi connectivity index (χ2n) is 18.1. The average molecular weight is 996 g/mol. The van der Waals surface area contributed by atoms with Gasteiger partial charge in [-0.2, -0.15) is 0 Å². The molecule has 9 nitrogen and oxygen atoms in total. The molecule has 0 amide bonds. The lowest BCUT2D eigenvalue weighted by Gasteiger charge is -2.19. The SMILES string of the molecule is CC/C=C\C/C=C\C/C=C\C/C=C\C/C=C\C/C=C\C/C=C\C/C=C\C/C=C\CCCC(=O)OC(COC(=O)CCCCCCCCCCCCCCCCCCCCCC)COP(=O)(O)OCCN. The van der Waals surface area contributed by atoms with Gasteiger partial charge in [0.15, 0.2) is 6.10 Å². The van der Waals surface area contributed by atoms with Gasteiger partial charge in [0.05, 0.1) is 13.2 Å². The highest BCUT2D eigenvalue weighted by molar-refractivity contribution is 7.47. The topological polar surface area (TPSA) is 134 Å². The van der Waals surface area contributed by atoms with Crippen molar-refractivity contribution in [3.8, 4) is 0 Å². The number of carbonyl (C=O) groups excluding carboxylic acids is 2. The molecule has 0 aromatic carbocycles. The summed E-state index contributed by atoms with van der Waals surface area (Å²) in [5.74, 6) is -0.898. The zero-order valence-electron chi connectivity index (χ0n) is 44.5. The first-order valence-electron chi connectivity index (χ1n) is 27.9. The van der Waals surface area contributed by atoms with Crippen molar-refractivity contribution in [2.75, 3.05) is 26.4 Å². The largest absolute Gasteiger partial charge is 0.472 e. The molecule has 0 aliphatic rings. The van der Waals surface area contributed by atoms with Crippen molar-refractivity contribution in [2.45, 2.75) is 232 Å². The van der Waals surface area contributed by atoms with Crippen molar-refractivity contribution in [1.29, 1.82) is 0 Å². The van der Waals surface area contributed by atoms with E-state index in [1.807, 2.05) is 6.08 Å². The van der Waals surface area contributed by atoms with Gasteiger partial charge in [-0.25, -0.2) is 4.57 Å². The molecule has 0 rings (SSSR count). The Morgan fingerprint density at radius 2 is 0.786 bits per heavy atom. The molecule has 0 aliphatic heterocycles. The van der Waals surface area contributed by atoms with Gasteiger partial charge in [0, 0.05) is 19.4 Å². The third kappa shape index (κ3) is 54.0. The summed E-state index contributed by atoms with van der Waals surface area (Å²) in [6.45, 7) is 3.57. The van der Waals surface area contributed by atoms with Crippen molar-refractivity contribution in [1.82, 2.24) is 0 Å². The lowest BCUT2D eigenvalue weighted by molar-refractivity contribution is -0.161. The second-order valence-corrected chi connectivity index (χ2v) is 19.5. The fraction of sp³-hybridized carbons (Fsp3) is 0.667. The molecule has 0 fully saturated rings. The molecule has 0 heterocycles. The molecule has 0 spiro atoms. The highest BCUT2D eigenvalue weighted by Crippen LogP contribution is 2.43. The summed E-state index contributed by atoms with van der Waals surface area (Å²) < 4.78 is 32.9. The van der Waals surface area contributed by atoms with Gasteiger partial charge in [0.1, 0.15) is 6.61 Å². The molecule has 0 aromatic heterocycles. The summed E-state index contributed by atoms with van der Waals surface area (Å²) in [5, 5.41) is 0. The summed E-state index contributed by atoms with van der Waals surface area (Å²) in [6.07, 6.45) is 74.3. The molecule has 10 heteroatoms. The van der Waals surface area contributed by atoms with Crippen LogP contribution in [0.1, 0.15) is 226 Å². The number of hydrogen-bond donors (Lipinski definition) is 2. The molecule has 0 aromatic rings. The Hall–Kier alpha value is -3.33. The molecule has 0 saturated carbocycles. The van der Waals surface area contributed by atoms with E-state index in [9.17, 15) is 19.0 Å². The van der Waals surface area contributed by atoms with E-state index in [1.54, 1.807) is 0 Å². The van der Waals surface area contributed by atoms with E-state index in [2.05, 4.69) is 117 Å². The standard InChI is InChI=1S/C60H102NO8P/c1-3-5-7-9-11-13-15-17-19-21-23-25-26-27-28-29-30-31-32-33-35-37-39-41-43-45-47-49-51-53-60(63)69-58(57-68-70(64,65)67-55-54-61)56-66-59(62)52-50-48-46-44-42-40-38-36-34-24-22-20-18-16-14-12-10-8-6-4-2/h5,7,11,13,17,19,23,25,27-28,30-31,33,35,39,41,45,47,58H,3-4,6,8-10,12,14-16,18,20-22,24,26,29,32,34,36-38,40,42-44,46,48-57,61H2,1-2H3,(H,64,65)/b7-5-,13-11-,19-17-,25-23-,28-27-,31-30-,35-33-,41-39-,47-45-. The highest BCUT2D eigenvalue weighted by atomic mass is 31.2. The average Bonchev–Trinajstić information content (AvgIpc) is 3.35. The molecule has 400 valence electrons. The third-order valence-corrected chi connectivity index (χ3v) is 12.4. The number of carbonyl (C=O) groups is 2. The third-order valence-electron chi connectivity index (χ3n) is 11.4. The summed E-state index contributed by atoms with van der Waals surface area (Å²) in [4.78, 5) is 35.1. The first-order chi connectivity index (χ1) is 34.3. The van der Waals surface area contributed by atoms with Crippen LogP contribution in [0.5, 0.6) is 0 Å². The van der Waals surface area contributed by atoms with Gasteiger partial charge >= 0.3 is 19.8 Å². The summed E-state index contributed by atoms with van der Waals surface area (Å²) in [5.41, 5.74) is 5.37. The maximum absolute atomic E-state index is 12.7. The summed E-state index contributed by atoms with van der Waals surface area (Å²) in [7, 11) is -4.41. The molecule has 0 aliphatic carbocycles. The Morgan fingerprint density at radius 3 is 1.16 bits per heavy atom. The van der Waals surface area contributed by atoms with Crippen LogP contribution in [-0.4, -0.2) is 49.3 Å². The van der Waals surface area contributed by atoms with Crippen LogP contribution in [-0.2, 0) is 32.7 Å².